The Labute approximate surface area is 126 Å². The number of nitrogens with zero attached hydrogens (tertiary/aromatic N) is 1. The lowest BCUT2D eigenvalue weighted by Crippen LogP contribution is -2.16. The number of nitrogens with two attached hydrogens (primary N) is 1. The Morgan fingerprint density at radius 3 is 2.70 bits per heavy atom. The van der Waals surface area contributed by atoms with Crippen LogP contribution < -0.4 is 11.1 Å². The van der Waals surface area contributed by atoms with Gasteiger partial charge in [0.15, 0.2) is 0 Å². The molecule has 0 aliphatic carbocycles. The molecule has 0 bridgehead atoms. The summed E-state index contributed by atoms with van der Waals surface area (Å²) in [5.41, 5.74) is 4.95. The Kier molecular flexibility index (Phi) is 4.20. The van der Waals surface area contributed by atoms with Crippen LogP contribution in [0, 0.1) is 11.6 Å². The van der Waals surface area contributed by atoms with Crippen molar-refractivity contribution in [2.75, 3.05) is 11.1 Å². The average Bonchev–Trinajstić information content (AvgIpc) is 2.38. The molecular formula is C12H7BrClF2N3O. The highest BCUT2D eigenvalue weighted by Gasteiger charge is 2.16. The number of carbonyl (C=O) groups is 1. The number of halogens is 4. The number of anilines is 2. The number of benzene rings is 1. The van der Waals surface area contributed by atoms with E-state index in [-0.39, 0.29) is 26.7 Å². The van der Waals surface area contributed by atoms with Crippen LogP contribution in [0.3, 0.4) is 0 Å². The van der Waals surface area contributed by atoms with Gasteiger partial charge in [-0.3, -0.25) is 4.79 Å². The largest absolute Gasteiger partial charge is 0.384 e. The van der Waals surface area contributed by atoms with E-state index in [2.05, 4.69) is 26.2 Å². The number of nitrogens with one attached hydrogen (secondary N) is 1. The minimum absolute atomic E-state index is 0.0480. The fourth-order valence-electron chi connectivity index (χ4n) is 1.42. The first kappa shape index (κ1) is 14.7. The molecule has 104 valence electrons. The quantitative estimate of drug-likeness (QED) is 0.802. The van der Waals surface area contributed by atoms with Gasteiger partial charge < -0.3 is 11.1 Å². The van der Waals surface area contributed by atoms with E-state index in [9.17, 15) is 13.6 Å². The number of pyridine rings is 1. The molecule has 0 saturated carbocycles. The molecule has 20 heavy (non-hydrogen) atoms. The molecule has 0 saturated heterocycles. The van der Waals surface area contributed by atoms with Gasteiger partial charge in [0.05, 0.1) is 15.2 Å². The molecule has 0 aliphatic rings. The van der Waals surface area contributed by atoms with Crippen LogP contribution in [0.25, 0.3) is 0 Å². The maximum absolute atomic E-state index is 13.6. The molecule has 0 unspecified atom stereocenters. The Morgan fingerprint density at radius 2 is 2.00 bits per heavy atom. The highest BCUT2D eigenvalue weighted by Crippen LogP contribution is 2.24. The third-order valence-corrected chi connectivity index (χ3v) is 3.25. The smallest absolute Gasteiger partial charge is 0.275 e. The van der Waals surface area contributed by atoms with Gasteiger partial charge in [-0.1, -0.05) is 11.6 Å². The second-order valence-corrected chi connectivity index (χ2v) is 5.03. The van der Waals surface area contributed by atoms with E-state index in [1.807, 2.05) is 0 Å². The fraction of sp³-hybridized carbons (Fsp3) is 0. The molecule has 0 atom stereocenters. The molecule has 1 aromatic heterocycles. The average molecular weight is 363 g/mol. The van der Waals surface area contributed by atoms with Gasteiger partial charge in [-0.25, -0.2) is 13.8 Å². The van der Waals surface area contributed by atoms with Crippen molar-refractivity contribution in [1.82, 2.24) is 4.98 Å². The van der Waals surface area contributed by atoms with E-state index >= 15 is 0 Å². The lowest BCUT2D eigenvalue weighted by molar-refractivity contribution is 0.102. The van der Waals surface area contributed by atoms with E-state index in [1.165, 1.54) is 12.1 Å². The topological polar surface area (TPSA) is 68.0 Å². The lowest BCUT2D eigenvalue weighted by Gasteiger charge is -2.08. The van der Waals surface area contributed by atoms with Crippen molar-refractivity contribution in [2.24, 2.45) is 0 Å². The van der Waals surface area contributed by atoms with Crippen LogP contribution in [0.15, 0.2) is 28.7 Å². The summed E-state index contributed by atoms with van der Waals surface area (Å²) >= 11 is 8.63. The SMILES string of the molecule is Nc1ccc(Cl)c(C(=O)Nc2cc(F)c(Br)cc2F)n1. The molecule has 2 rings (SSSR count). The number of aromatic nitrogens is 1. The Morgan fingerprint density at radius 1 is 1.30 bits per heavy atom. The van der Waals surface area contributed by atoms with Crippen molar-refractivity contribution >= 4 is 44.9 Å². The van der Waals surface area contributed by atoms with E-state index in [0.29, 0.717) is 0 Å². The van der Waals surface area contributed by atoms with Crippen molar-refractivity contribution in [3.05, 3.63) is 51.1 Å². The molecule has 0 aliphatic heterocycles. The van der Waals surface area contributed by atoms with Crippen molar-refractivity contribution in [1.29, 1.82) is 0 Å². The van der Waals surface area contributed by atoms with Crippen LogP contribution in [-0.2, 0) is 0 Å². The Balaban J connectivity index is 2.32. The van der Waals surface area contributed by atoms with Gasteiger partial charge in [-0.2, -0.15) is 0 Å². The molecular weight excluding hydrogens is 356 g/mol. The normalized spacial score (nSPS) is 10.4. The number of rotatable bonds is 2. The minimum Gasteiger partial charge on any atom is -0.384 e. The predicted octanol–water partition coefficient (Wildman–Crippen LogP) is 3.61. The van der Waals surface area contributed by atoms with Crippen molar-refractivity contribution in [3.8, 4) is 0 Å². The molecule has 1 aromatic carbocycles. The summed E-state index contributed by atoms with van der Waals surface area (Å²) in [5, 5.41) is 2.24. The van der Waals surface area contributed by atoms with Crippen LogP contribution in [-0.4, -0.2) is 10.9 Å². The summed E-state index contributed by atoms with van der Waals surface area (Å²) in [6.07, 6.45) is 0. The maximum Gasteiger partial charge on any atom is 0.275 e. The first-order valence-electron chi connectivity index (χ1n) is 5.26. The molecule has 0 fully saturated rings. The molecule has 0 radical (unpaired) electrons. The van der Waals surface area contributed by atoms with Gasteiger partial charge in [0, 0.05) is 6.07 Å². The van der Waals surface area contributed by atoms with E-state index < -0.39 is 17.5 Å². The number of nitrogen functional groups attached to an aromatic ring is 1. The van der Waals surface area contributed by atoms with Crippen LogP contribution in [0.2, 0.25) is 5.02 Å². The molecule has 0 spiro atoms. The summed E-state index contributed by atoms with van der Waals surface area (Å²) in [6.45, 7) is 0. The third kappa shape index (κ3) is 3.05. The second-order valence-electron chi connectivity index (χ2n) is 3.77. The summed E-state index contributed by atoms with van der Waals surface area (Å²) in [5.74, 6) is -2.22. The molecule has 3 N–H and O–H groups in total. The van der Waals surface area contributed by atoms with E-state index in [4.69, 9.17) is 17.3 Å². The highest BCUT2D eigenvalue weighted by molar-refractivity contribution is 9.10. The lowest BCUT2D eigenvalue weighted by atomic mass is 10.2. The Bertz CT molecular complexity index is 697. The second kappa shape index (κ2) is 5.72. The summed E-state index contributed by atoms with van der Waals surface area (Å²) < 4.78 is 26.9. The number of hydrogen-bond acceptors (Lipinski definition) is 3. The Hall–Kier alpha value is -1.73. The summed E-state index contributed by atoms with van der Waals surface area (Å²) in [6, 6.07) is 4.55. The van der Waals surface area contributed by atoms with Crippen LogP contribution in [0.5, 0.6) is 0 Å². The van der Waals surface area contributed by atoms with Crippen LogP contribution in [0.4, 0.5) is 20.3 Å². The van der Waals surface area contributed by atoms with Gasteiger partial charge in [-0.05, 0) is 34.1 Å². The maximum atomic E-state index is 13.6. The molecule has 8 heteroatoms. The van der Waals surface area contributed by atoms with Gasteiger partial charge in [-0.15, -0.1) is 0 Å². The highest BCUT2D eigenvalue weighted by atomic mass is 79.9. The van der Waals surface area contributed by atoms with Crippen LogP contribution in [0.1, 0.15) is 10.5 Å². The molecule has 1 heterocycles. The minimum atomic E-state index is -0.799. The molecule has 1 amide bonds. The number of hydrogen-bond donors (Lipinski definition) is 2. The standard InChI is InChI=1S/C12H7BrClF2N3O/c13-5-3-8(16)9(4-7(5)15)18-12(20)11-6(14)1-2-10(17)19-11/h1-4H,(H2,17,19)(H,18,20). The van der Waals surface area contributed by atoms with E-state index in [1.54, 1.807) is 0 Å². The summed E-state index contributed by atoms with van der Waals surface area (Å²) in [4.78, 5) is 15.7. The zero-order chi connectivity index (χ0) is 14.9. The van der Waals surface area contributed by atoms with Gasteiger partial charge in [0.25, 0.3) is 5.91 Å². The van der Waals surface area contributed by atoms with Gasteiger partial charge in [0.1, 0.15) is 23.1 Å². The van der Waals surface area contributed by atoms with Gasteiger partial charge >= 0.3 is 0 Å². The number of carbonyl (C=O) groups excluding carboxylic acids is 1. The fourth-order valence-corrected chi connectivity index (χ4v) is 1.92. The van der Waals surface area contributed by atoms with Crippen molar-refractivity contribution in [3.63, 3.8) is 0 Å². The zero-order valence-electron chi connectivity index (χ0n) is 9.75. The first-order valence-corrected chi connectivity index (χ1v) is 6.43. The third-order valence-electron chi connectivity index (χ3n) is 2.34. The van der Waals surface area contributed by atoms with Crippen LogP contribution >= 0.6 is 27.5 Å². The predicted molar refractivity (Wildman–Crippen MR) is 75.7 cm³/mol. The van der Waals surface area contributed by atoms with Crippen molar-refractivity contribution < 1.29 is 13.6 Å². The molecule has 4 nitrogen and oxygen atoms in total. The van der Waals surface area contributed by atoms with Gasteiger partial charge in [0.2, 0.25) is 0 Å². The van der Waals surface area contributed by atoms with E-state index in [0.717, 1.165) is 12.1 Å². The first-order chi connectivity index (χ1) is 9.38. The monoisotopic (exact) mass is 361 g/mol. The van der Waals surface area contributed by atoms with Crippen molar-refractivity contribution in [2.45, 2.75) is 0 Å². The number of amides is 1. The summed E-state index contributed by atoms with van der Waals surface area (Å²) in [7, 11) is 0. The zero-order valence-corrected chi connectivity index (χ0v) is 12.1. The molecule has 2 aromatic rings.